The summed E-state index contributed by atoms with van der Waals surface area (Å²) in [5.41, 5.74) is 35.8. The maximum absolute atomic E-state index is 2.78. The Balaban J connectivity index is 0.894. The van der Waals surface area contributed by atoms with Crippen LogP contribution in [0.3, 0.4) is 0 Å². The Morgan fingerprint density at radius 3 is 0.752 bits per heavy atom. The number of aryl methyl sites for hydroxylation is 2. The zero-order valence-corrected chi connectivity index (χ0v) is 74.3. The van der Waals surface area contributed by atoms with Crippen LogP contribution >= 0.6 is 0 Å². The molecule has 612 valence electrons. The smallest absolute Gasteiger partial charge is 0.0465 e. The van der Waals surface area contributed by atoms with Crippen LogP contribution in [-0.4, -0.2) is 0 Å². The molecule has 0 amide bonds. The summed E-state index contributed by atoms with van der Waals surface area (Å²) in [6.07, 6.45) is 50.4. The molecule has 0 N–H and O–H groups in total. The average Bonchev–Trinajstić information content (AvgIpc) is 1.62. The lowest BCUT2D eigenvalue weighted by Crippen LogP contribution is -2.27. The van der Waals surface area contributed by atoms with E-state index in [1.165, 1.54) is 360 Å². The topological polar surface area (TPSA) is 3.24 Å². The fourth-order valence-electron chi connectivity index (χ4n) is 23.5. The van der Waals surface area contributed by atoms with E-state index in [1.807, 2.05) is 0 Å². The second-order valence-corrected chi connectivity index (χ2v) is 37.3. The molecule has 0 unspecified atom stereocenters. The maximum Gasteiger partial charge on any atom is 0.0465 e. The van der Waals surface area contributed by atoms with E-state index in [2.05, 4.69) is 274 Å². The highest BCUT2D eigenvalue weighted by Crippen LogP contribution is 2.63. The Morgan fingerprint density at radius 1 is 0.197 bits per heavy atom. The highest BCUT2D eigenvalue weighted by molar-refractivity contribution is 6.21. The lowest BCUT2D eigenvalue weighted by Gasteiger charge is -2.36. The van der Waals surface area contributed by atoms with Gasteiger partial charge in [-0.05, 0) is 247 Å². The number of hydrogen-bond acceptors (Lipinski definition) is 1. The first-order valence-corrected chi connectivity index (χ1v) is 48.3. The molecule has 4 aliphatic rings. The van der Waals surface area contributed by atoms with Crippen LogP contribution in [0.15, 0.2) is 200 Å². The summed E-state index contributed by atoms with van der Waals surface area (Å²) in [4.78, 5) is 2.78. The van der Waals surface area contributed by atoms with Gasteiger partial charge in [-0.2, -0.15) is 0 Å². The predicted octanol–water partition coefficient (Wildman–Crippen LogP) is 36.2. The molecule has 0 bridgehead atoms. The molecule has 117 heavy (non-hydrogen) atoms. The highest BCUT2D eigenvalue weighted by atomic mass is 15.1. The number of anilines is 3. The maximum atomic E-state index is 2.78. The van der Waals surface area contributed by atoms with Crippen molar-refractivity contribution in [2.75, 3.05) is 4.90 Å². The molecule has 0 atom stereocenters. The summed E-state index contributed by atoms with van der Waals surface area (Å²) in [6.45, 7) is 23.7. The van der Waals surface area contributed by atoms with Crippen molar-refractivity contribution in [3.05, 3.63) is 256 Å². The predicted molar refractivity (Wildman–Crippen MR) is 511 cm³/mol. The Bertz CT molecular complexity index is 4970. The normalized spacial score (nSPS) is 14.5. The van der Waals surface area contributed by atoms with Crippen molar-refractivity contribution in [3.63, 3.8) is 0 Å². The van der Waals surface area contributed by atoms with Crippen LogP contribution in [0.2, 0.25) is 0 Å². The average molecular weight is 1550 g/mol. The fourth-order valence-corrected chi connectivity index (χ4v) is 23.5. The third kappa shape index (κ3) is 16.3. The standard InChI is InChI=1S/C116H143N/c1-11-19-27-31-33-35-37-47-73-113(74-48-38-36-34-32-28-20-12-2)103-54-44-43-49-91(103)94-64-57-86(79-106(94)113)111-99-50-39-41-52-101(99)112(102-53-42-40-51-100(102)111)87-58-65-95-98-68-61-90(83-110(98)116(107(95)80-87,75-45-29-21-13-3)76-46-30-22-14-4)117(88-59-66-96-92-62-55-84(9)77-104(92)114(69-23-15-5,70-24-16-6)108(96)81-88)89-60-67-97-93-63-56-85(10)78-105(93)115(71-25-17-7,72-26-18-8)109(97)82-89/h39-44,49-68,77-83H,11-38,45-48,69-76H2,1-10H3. The number of nitrogens with zero attached hydrogens (tertiary/aromatic N) is 1. The van der Waals surface area contributed by atoms with Gasteiger partial charge in [0.15, 0.2) is 0 Å². The molecule has 11 aromatic rings. The van der Waals surface area contributed by atoms with Gasteiger partial charge in [0.05, 0.1) is 0 Å². The van der Waals surface area contributed by atoms with Crippen molar-refractivity contribution in [3.8, 4) is 66.8 Å². The van der Waals surface area contributed by atoms with Crippen LogP contribution in [-0.2, 0) is 21.7 Å². The molecule has 0 aliphatic heterocycles. The summed E-state index contributed by atoms with van der Waals surface area (Å²) < 4.78 is 0. The molecule has 4 aliphatic carbocycles. The first-order chi connectivity index (χ1) is 57.5. The Labute approximate surface area is 709 Å². The van der Waals surface area contributed by atoms with Crippen molar-refractivity contribution in [1.82, 2.24) is 0 Å². The van der Waals surface area contributed by atoms with Crippen LogP contribution in [0.5, 0.6) is 0 Å². The van der Waals surface area contributed by atoms with Crippen LogP contribution in [0.4, 0.5) is 17.1 Å². The number of fused-ring (bicyclic) bond motifs is 14. The van der Waals surface area contributed by atoms with Crippen molar-refractivity contribution in [2.45, 2.75) is 348 Å². The minimum absolute atomic E-state index is 0.00942. The van der Waals surface area contributed by atoms with E-state index in [0.717, 1.165) is 12.8 Å². The second-order valence-electron chi connectivity index (χ2n) is 37.3. The van der Waals surface area contributed by atoms with Gasteiger partial charge in [0.1, 0.15) is 0 Å². The molecular weight excluding hydrogens is 1410 g/mol. The molecule has 1 nitrogen and oxygen atoms in total. The Morgan fingerprint density at radius 2 is 0.427 bits per heavy atom. The van der Waals surface area contributed by atoms with Crippen LogP contribution < -0.4 is 4.90 Å². The molecule has 1 heteroatoms. The van der Waals surface area contributed by atoms with E-state index in [1.54, 1.807) is 44.5 Å². The largest absolute Gasteiger partial charge is 0.310 e. The molecule has 0 saturated heterocycles. The van der Waals surface area contributed by atoms with Gasteiger partial charge in [-0.15, -0.1) is 0 Å². The third-order valence-corrected chi connectivity index (χ3v) is 29.6. The minimum atomic E-state index is -0.201. The number of unbranched alkanes of at least 4 members (excludes halogenated alkanes) is 24. The van der Waals surface area contributed by atoms with Gasteiger partial charge in [-0.25, -0.2) is 0 Å². The lowest BCUT2D eigenvalue weighted by atomic mass is 9.70. The van der Waals surface area contributed by atoms with Crippen LogP contribution in [0.1, 0.15) is 368 Å². The highest BCUT2D eigenvalue weighted by Gasteiger charge is 2.48. The SMILES string of the molecule is CCCCCCCCCCC1(CCCCCCCCCC)c2ccccc2-c2ccc(-c3c4ccccc4c(-c4ccc5c(c4)C(CCCCCC)(CCCCCC)c4cc(N(c6ccc7c(c6)C(CCCC)(CCCC)c6cc(C)ccc6-7)c6ccc7c(c6)C(CCCC)(CCCC)c6cc(C)ccc6-7)ccc4-5)c4ccccc34)cc21. The number of rotatable bonds is 45. The monoisotopic (exact) mass is 1550 g/mol. The zero-order chi connectivity index (χ0) is 80.9. The van der Waals surface area contributed by atoms with Crippen molar-refractivity contribution < 1.29 is 0 Å². The molecule has 0 saturated carbocycles. The lowest BCUT2D eigenvalue weighted by molar-refractivity contribution is 0.397. The number of benzene rings is 11. The van der Waals surface area contributed by atoms with Gasteiger partial charge in [0.25, 0.3) is 0 Å². The molecule has 0 heterocycles. The molecular formula is C116H143N. The first kappa shape index (κ1) is 83.8. The first-order valence-electron chi connectivity index (χ1n) is 48.3. The van der Waals surface area contributed by atoms with Gasteiger partial charge in [0, 0.05) is 38.7 Å². The summed E-state index contributed by atoms with van der Waals surface area (Å²) >= 11 is 0. The van der Waals surface area contributed by atoms with Crippen LogP contribution in [0.25, 0.3) is 88.3 Å². The van der Waals surface area contributed by atoms with Gasteiger partial charge in [-0.3, -0.25) is 0 Å². The Kier molecular flexibility index (Phi) is 27.5. The van der Waals surface area contributed by atoms with Gasteiger partial charge < -0.3 is 4.90 Å². The van der Waals surface area contributed by atoms with E-state index in [9.17, 15) is 0 Å². The van der Waals surface area contributed by atoms with Crippen molar-refractivity contribution in [2.24, 2.45) is 0 Å². The quantitative estimate of drug-likeness (QED) is 0.0272. The third-order valence-electron chi connectivity index (χ3n) is 29.6. The Hall–Kier alpha value is -8.26. The fraction of sp³-hybridized carbons (Fsp3) is 0.466. The second kappa shape index (κ2) is 38.4. The van der Waals surface area contributed by atoms with Gasteiger partial charge in [0.2, 0.25) is 0 Å². The van der Waals surface area contributed by atoms with E-state index >= 15 is 0 Å². The van der Waals surface area contributed by atoms with E-state index in [0.29, 0.717) is 0 Å². The molecule has 11 aromatic carbocycles. The van der Waals surface area contributed by atoms with Gasteiger partial charge in [-0.1, -0.05) is 424 Å². The summed E-state index contributed by atoms with van der Waals surface area (Å²) in [5.74, 6) is 0. The van der Waals surface area contributed by atoms with E-state index < -0.39 is 0 Å². The summed E-state index contributed by atoms with van der Waals surface area (Å²) in [7, 11) is 0. The van der Waals surface area contributed by atoms with Gasteiger partial charge >= 0.3 is 0 Å². The van der Waals surface area contributed by atoms with E-state index in [4.69, 9.17) is 0 Å². The molecule has 0 spiro atoms. The zero-order valence-electron chi connectivity index (χ0n) is 74.3. The minimum Gasteiger partial charge on any atom is -0.310 e. The van der Waals surface area contributed by atoms with Crippen LogP contribution in [0, 0.1) is 13.8 Å². The van der Waals surface area contributed by atoms with E-state index in [-0.39, 0.29) is 21.7 Å². The molecule has 0 fully saturated rings. The molecule has 0 radical (unpaired) electrons. The van der Waals surface area contributed by atoms with Crippen molar-refractivity contribution in [1.29, 1.82) is 0 Å². The summed E-state index contributed by atoms with van der Waals surface area (Å²) in [6, 6.07) is 83.2. The number of hydrogen-bond donors (Lipinski definition) is 0. The molecule has 0 aromatic heterocycles. The van der Waals surface area contributed by atoms with Crippen molar-refractivity contribution >= 4 is 38.6 Å². The molecule has 15 rings (SSSR count). The summed E-state index contributed by atoms with van der Waals surface area (Å²) in [5, 5.41) is 5.42.